The first kappa shape index (κ1) is 23.6. The molecule has 6 heteroatoms. The second kappa shape index (κ2) is 8.49. The number of nitrogens with zero attached hydrogens (tertiary/aromatic N) is 1. The third kappa shape index (κ3) is 3.89. The Labute approximate surface area is 204 Å². The van der Waals surface area contributed by atoms with Gasteiger partial charge in [0.1, 0.15) is 0 Å². The number of amides is 1. The molecule has 3 aliphatic rings. The van der Waals surface area contributed by atoms with Crippen LogP contribution >= 0.6 is 0 Å². The van der Waals surface area contributed by atoms with Crippen molar-refractivity contribution in [3.05, 3.63) is 54.1 Å². The third-order valence-electron chi connectivity index (χ3n) is 8.81. The van der Waals surface area contributed by atoms with Crippen LogP contribution in [0, 0.1) is 16.7 Å². The van der Waals surface area contributed by atoms with Crippen molar-refractivity contribution in [3.63, 3.8) is 0 Å². The van der Waals surface area contributed by atoms with Crippen molar-refractivity contribution >= 4 is 15.9 Å². The van der Waals surface area contributed by atoms with Crippen LogP contribution < -0.4 is 5.32 Å². The average Bonchev–Trinajstić information content (AvgIpc) is 3.33. The molecular weight excluding hydrogens is 444 g/mol. The van der Waals surface area contributed by atoms with Crippen LogP contribution in [-0.4, -0.2) is 37.8 Å². The third-order valence-corrected chi connectivity index (χ3v) is 10.7. The Kier molecular flexibility index (Phi) is 5.88. The van der Waals surface area contributed by atoms with Crippen LogP contribution in [0.15, 0.2) is 53.4 Å². The Bertz CT molecular complexity index is 1180. The number of hydrogen-bond acceptors (Lipinski definition) is 3. The highest BCUT2D eigenvalue weighted by Crippen LogP contribution is 2.62. The molecule has 5 nitrogen and oxygen atoms in total. The lowest BCUT2D eigenvalue weighted by atomic mass is 9.68. The minimum atomic E-state index is -3.71. The van der Waals surface area contributed by atoms with Crippen LogP contribution in [-0.2, 0) is 10.0 Å². The minimum Gasteiger partial charge on any atom is -0.348 e. The van der Waals surface area contributed by atoms with Gasteiger partial charge in [-0.2, -0.15) is 4.31 Å². The molecule has 1 N–H and O–H groups in total. The maximum absolute atomic E-state index is 13.8. The molecule has 2 aromatic rings. The van der Waals surface area contributed by atoms with Gasteiger partial charge in [0.2, 0.25) is 10.0 Å². The first-order chi connectivity index (χ1) is 16.1. The molecule has 5 rings (SSSR count). The number of sulfonamides is 1. The molecule has 2 saturated carbocycles. The Balaban J connectivity index is 1.52. The van der Waals surface area contributed by atoms with E-state index in [1.807, 2.05) is 30.3 Å². The summed E-state index contributed by atoms with van der Waals surface area (Å²) in [5.41, 5.74) is 2.05. The van der Waals surface area contributed by atoms with Crippen molar-refractivity contribution in [1.29, 1.82) is 0 Å². The van der Waals surface area contributed by atoms with E-state index in [0.717, 1.165) is 37.7 Å². The van der Waals surface area contributed by atoms with Crippen LogP contribution in [0.3, 0.4) is 0 Å². The molecule has 1 amide bonds. The zero-order chi connectivity index (χ0) is 24.1. The van der Waals surface area contributed by atoms with Crippen LogP contribution in [0.25, 0.3) is 11.1 Å². The second-order valence-corrected chi connectivity index (χ2v) is 13.3. The number of nitrogens with one attached hydrogen (secondary N) is 1. The number of benzene rings is 2. The molecule has 34 heavy (non-hydrogen) atoms. The number of rotatable bonds is 5. The summed E-state index contributed by atoms with van der Waals surface area (Å²) in [5, 5.41) is 3.33. The van der Waals surface area contributed by atoms with E-state index in [4.69, 9.17) is 0 Å². The van der Waals surface area contributed by atoms with Crippen molar-refractivity contribution in [2.75, 3.05) is 13.1 Å². The Morgan fingerprint density at radius 1 is 1.00 bits per heavy atom. The minimum absolute atomic E-state index is 0.0371. The van der Waals surface area contributed by atoms with Gasteiger partial charge in [0, 0.05) is 30.3 Å². The molecule has 2 aromatic carbocycles. The maximum Gasteiger partial charge on any atom is 0.251 e. The summed E-state index contributed by atoms with van der Waals surface area (Å²) in [5.74, 6) is 0.444. The number of carbonyl (C=O) groups is 1. The molecule has 1 saturated heterocycles. The van der Waals surface area contributed by atoms with Gasteiger partial charge < -0.3 is 5.32 Å². The van der Waals surface area contributed by atoms with E-state index in [9.17, 15) is 13.2 Å². The van der Waals surface area contributed by atoms with Gasteiger partial charge in [-0.3, -0.25) is 4.79 Å². The van der Waals surface area contributed by atoms with Crippen molar-refractivity contribution in [2.24, 2.45) is 16.7 Å². The second-order valence-electron chi connectivity index (χ2n) is 11.4. The standard InChI is InChI=1S/C28H36N2O3S/c1-27(2)22-14-15-28(3,19-22)26(27)29-25(31)21-12-13-23(20-10-6-4-7-11-20)24(18-21)34(32,33)30-16-8-5-9-17-30/h4,6-7,10-13,18,22,26H,5,8-9,14-17,19H2,1-3H3,(H,29,31)/t22-,26?,28?/m1/s1. The predicted molar refractivity (Wildman–Crippen MR) is 135 cm³/mol. The highest BCUT2D eigenvalue weighted by atomic mass is 32.2. The summed E-state index contributed by atoms with van der Waals surface area (Å²) in [6.45, 7) is 7.87. The number of hydrogen-bond donors (Lipinski definition) is 1. The largest absolute Gasteiger partial charge is 0.348 e. The lowest BCUT2D eigenvalue weighted by Crippen LogP contribution is -2.52. The van der Waals surface area contributed by atoms with Gasteiger partial charge in [-0.25, -0.2) is 8.42 Å². The van der Waals surface area contributed by atoms with Crippen LogP contribution in [0.2, 0.25) is 0 Å². The molecular formula is C28H36N2O3S. The van der Waals surface area contributed by atoms with Crippen molar-refractivity contribution in [2.45, 2.75) is 70.2 Å². The Morgan fingerprint density at radius 3 is 2.35 bits per heavy atom. The van der Waals surface area contributed by atoms with Gasteiger partial charge in [-0.05, 0) is 66.5 Å². The average molecular weight is 481 g/mol. The smallest absolute Gasteiger partial charge is 0.251 e. The molecule has 0 aromatic heterocycles. The molecule has 3 fully saturated rings. The molecule has 1 heterocycles. The summed E-state index contributed by atoms with van der Waals surface area (Å²) in [6, 6.07) is 14.8. The fourth-order valence-corrected chi connectivity index (χ4v) is 8.61. The predicted octanol–water partition coefficient (Wildman–Crippen LogP) is 5.47. The SMILES string of the molecule is CC12CC[C@H](C1)C(C)(C)C2NC(=O)c1ccc(-c2ccccc2)c(S(=O)(=O)N2CCCCC2)c1. The summed E-state index contributed by atoms with van der Waals surface area (Å²) in [7, 11) is -3.71. The summed E-state index contributed by atoms with van der Waals surface area (Å²) < 4.78 is 29.1. The van der Waals surface area contributed by atoms with Gasteiger partial charge in [0.05, 0.1) is 4.90 Å². The van der Waals surface area contributed by atoms with Crippen molar-refractivity contribution in [3.8, 4) is 11.1 Å². The van der Waals surface area contributed by atoms with E-state index in [0.29, 0.717) is 30.1 Å². The molecule has 2 bridgehead atoms. The van der Waals surface area contributed by atoms with Crippen LogP contribution in [0.1, 0.15) is 69.7 Å². The lowest BCUT2D eigenvalue weighted by Gasteiger charge is -2.43. The highest BCUT2D eigenvalue weighted by Gasteiger charge is 2.59. The van der Waals surface area contributed by atoms with Gasteiger partial charge in [0.25, 0.3) is 5.91 Å². The van der Waals surface area contributed by atoms with Gasteiger partial charge in [0.15, 0.2) is 0 Å². The molecule has 0 radical (unpaired) electrons. The first-order valence-corrected chi connectivity index (χ1v) is 14.1. The Morgan fingerprint density at radius 2 is 1.71 bits per heavy atom. The van der Waals surface area contributed by atoms with E-state index in [1.165, 1.54) is 6.42 Å². The van der Waals surface area contributed by atoms with Crippen molar-refractivity contribution in [1.82, 2.24) is 9.62 Å². The van der Waals surface area contributed by atoms with Gasteiger partial charge in [-0.1, -0.05) is 63.6 Å². The maximum atomic E-state index is 13.8. The number of fused-ring (bicyclic) bond motifs is 2. The van der Waals surface area contributed by atoms with E-state index in [-0.39, 0.29) is 27.7 Å². The quantitative estimate of drug-likeness (QED) is 0.617. The van der Waals surface area contributed by atoms with Crippen LogP contribution in [0.4, 0.5) is 0 Å². The molecule has 2 aliphatic carbocycles. The monoisotopic (exact) mass is 480 g/mol. The zero-order valence-corrected chi connectivity index (χ0v) is 21.3. The zero-order valence-electron chi connectivity index (χ0n) is 20.5. The van der Waals surface area contributed by atoms with Gasteiger partial charge in [-0.15, -0.1) is 0 Å². The molecule has 3 atom stereocenters. The fourth-order valence-electron chi connectivity index (χ4n) is 6.85. The van der Waals surface area contributed by atoms with Gasteiger partial charge >= 0.3 is 0 Å². The molecule has 2 unspecified atom stereocenters. The normalized spacial score (nSPS) is 28.7. The van der Waals surface area contributed by atoms with E-state index >= 15 is 0 Å². The van der Waals surface area contributed by atoms with Crippen molar-refractivity contribution < 1.29 is 13.2 Å². The molecule has 0 spiro atoms. The number of carbonyl (C=O) groups excluding carboxylic acids is 1. The molecule has 1 aliphatic heterocycles. The summed E-state index contributed by atoms with van der Waals surface area (Å²) in [4.78, 5) is 13.7. The van der Waals surface area contributed by atoms with E-state index in [2.05, 4.69) is 26.1 Å². The number of piperidine rings is 1. The fraction of sp³-hybridized carbons (Fsp3) is 0.536. The Hall–Kier alpha value is -2.18. The highest BCUT2D eigenvalue weighted by molar-refractivity contribution is 7.89. The summed E-state index contributed by atoms with van der Waals surface area (Å²) >= 11 is 0. The lowest BCUT2D eigenvalue weighted by molar-refractivity contribution is 0.0737. The van der Waals surface area contributed by atoms with Crippen LogP contribution in [0.5, 0.6) is 0 Å². The van der Waals surface area contributed by atoms with E-state index in [1.54, 1.807) is 22.5 Å². The first-order valence-electron chi connectivity index (χ1n) is 12.6. The molecule has 182 valence electrons. The topological polar surface area (TPSA) is 66.5 Å². The summed E-state index contributed by atoms with van der Waals surface area (Å²) in [6.07, 6.45) is 6.30. The van der Waals surface area contributed by atoms with E-state index < -0.39 is 10.0 Å².